The van der Waals surface area contributed by atoms with Crippen molar-refractivity contribution < 1.29 is 18.9 Å². The molecule has 1 saturated heterocycles. The highest BCUT2D eigenvalue weighted by Gasteiger charge is 2.31. The molecule has 0 saturated carbocycles. The Balaban J connectivity index is 1.62. The third-order valence-corrected chi connectivity index (χ3v) is 6.35. The molecule has 0 N–H and O–H groups in total. The van der Waals surface area contributed by atoms with E-state index in [-0.39, 0.29) is 6.17 Å². The largest absolute Gasteiger partial charge is 0.493 e. The topological polar surface area (TPSA) is 43.4 Å². The van der Waals surface area contributed by atoms with Gasteiger partial charge in [0.1, 0.15) is 0 Å². The maximum absolute atomic E-state index is 5.54. The van der Waals surface area contributed by atoms with Crippen LogP contribution >= 0.6 is 0 Å². The van der Waals surface area contributed by atoms with Crippen molar-refractivity contribution in [2.45, 2.75) is 25.7 Å². The lowest BCUT2D eigenvalue weighted by molar-refractivity contribution is -0.00915. The van der Waals surface area contributed by atoms with E-state index in [2.05, 4.69) is 64.4 Å². The molecule has 0 radical (unpaired) electrons. The average molecular weight is 463 g/mol. The lowest BCUT2D eigenvalue weighted by Gasteiger charge is -2.44. The van der Waals surface area contributed by atoms with Gasteiger partial charge < -0.3 is 18.9 Å². The van der Waals surface area contributed by atoms with Crippen molar-refractivity contribution in [1.82, 2.24) is 9.80 Å². The summed E-state index contributed by atoms with van der Waals surface area (Å²) in [4.78, 5) is 5.08. The molecule has 1 aliphatic heterocycles. The summed E-state index contributed by atoms with van der Waals surface area (Å²) in [7, 11) is 6.69. The molecule has 4 rings (SSSR count). The quantitative estimate of drug-likeness (QED) is 0.439. The Bertz CT molecular complexity index is 1010. The van der Waals surface area contributed by atoms with Gasteiger partial charge in [-0.1, -0.05) is 42.5 Å². The Labute approximate surface area is 202 Å². The molecule has 6 heteroatoms. The van der Waals surface area contributed by atoms with Crippen LogP contribution in [-0.4, -0.2) is 51.3 Å². The second-order valence-electron chi connectivity index (χ2n) is 8.46. The first-order chi connectivity index (χ1) is 16.7. The average Bonchev–Trinajstić information content (AvgIpc) is 2.89. The Kier molecular flexibility index (Phi) is 7.93. The Morgan fingerprint density at radius 3 is 1.53 bits per heavy atom. The van der Waals surface area contributed by atoms with Gasteiger partial charge in [0, 0.05) is 26.2 Å². The zero-order chi connectivity index (χ0) is 23.9. The van der Waals surface area contributed by atoms with Crippen LogP contribution in [0.25, 0.3) is 0 Å². The van der Waals surface area contributed by atoms with Gasteiger partial charge in [0.2, 0.25) is 0 Å². The van der Waals surface area contributed by atoms with Gasteiger partial charge >= 0.3 is 0 Å². The van der Waals surface area contributed by atoms with Crippen molar-refractivity contribution in [3.8, 4) is 23.0 Å². The standard InChI is InChI=1S/C28H34N2O4/c1-31-24-13-11-21(17-26(24)33-3)19-29-15-8-16-30(28(29)23-9-6-5-7-10-23)20-22-12-14-25(32-2)27(18-22)34-4/h5-7,9-14,17-18,28H,8,15-16,19-20H2,1-4H3. The van der Waals surface area contributed by atoms with Gasteiger partial charge in [-0.25, -0.2) is 0 Å². The van der Waals surface area contributed by atoms with E-state index in [1.165, 1.54) is 16.7 Å². The van der Waals surface area contributed by atoms with Crippen molar-refractivity contribution in [3.63, 3.8) is 0 Å². The molecular formula is C28H34N2O4. The van der Waals surface area contributed by atoms with Crippen molar-refractivity contribution in [2.75, 3.05) is 41.5 Å². The molecule has 0 spiro atoms. The first kappa shape index (κ1) is 23.9. The van der Waals surface area contributed by atoms with Crippen LogP contribution in [0.2, 0.25) is 0 Å². The predicted molar refractivity (Wildman–Crippen MR) is 134 cm³/mol. The van der Waals surface area contributed by atoms with Crippen LogP contribution in [0.3, 0.4) is 0 Å². The van der Waals surface area contributed by atoms with E-state index in [4.69, 9.17) is 18.9 Å². The molecule has 0 atom stereocenters. The van der Waals surface area contributed by atoms with Gasteiger partial charge in [-0.3, -0.25) is 9.80 Å². The minimum absolute atomic E-state index is 0.163. The minimum Gasteiger partial charge on any atom is -0.493 e. The van der Waals surface area contributed by atoms with E-state index in [0.29, 0.717) is 0 Å². The Morgan fingerprint density at radius 2 is 1.09 bits per heavy atom. The molecule has 6 nitrogen and oxygen atoms in total. The number of hydrogen-bond donors (Lipinski definition) is 0. The smallest absolute Gasteiger partial charge is 0.161 e. The zero-order valence-electron chi connectivity index (χ0n) is 20.5. The van der Waals surface area contributed by atoms with Gasteiger partial charge in [-0.05, 0) is 47.4 Å². The lowest BCUT2D eigenvalue weighted by Crippen LogP contribution is -2.46. The lowest BCUT2D eigenvalue weighted by atomic mass is 10.0. The van der Waals surface area contributed by atoms with E-state index in [0.717, 1.165) is 55.6 Å². The van der Waals surface area contributed by atoms with Gasteiger partial charge in [0.05, 0.1) is 34.6 Å². The van der Waals surface area contributed by atoms with Crippen molar-refractivity contribution >= 4 is 0 Å². The molecule has 0 aromatic heterocycles. The van der Waals surface area contributed by atoms with E-state index >= 15 is 0 Å². The summed E-state index contributed by atoms with van der Waals surface area (Å²) in [6.45, 7) is 3.69. The molecule has 1 heterocycles. The fourth-order valence-electron chi connectivity index (χ4n) is 4.76. The normalized spacial score (nSPS) is 15.2. The van der Waals surface area contributed by atoms with Crippen LogP contribution in [0.1, 0.15) is 29.3 Å². The number of ether oxygens (including phenoxy) is 4. The zero-order valence-corrected chi connectivity index (χ0v) is 20.5. The molecular weight excluding hydrogens is 428 g/mol. The second-order valence-corrected chi connectivity index (χ2v) is 8.46. The Morgan fingerprint density at radius 1 is 0.618 bits per heavy atom. The summed E-state index contributed by atoms with van der Waals surface area (Å²) in [6.07, 6.45) is 1.26. The number of rotatable bonds is 9. The van der Waals surface area contributed by atoms with E-state index in [1.807, 2.05) is 12.1 Å². The van der Waals surface area contributed by atoms with E-state index in [1.54, 1.807) is 28.4 Å². The number of methoxy groups -OCH3 is 4. The number of nitrogens with zero attached hydrogens (tertiary/aromatic N) is 2. The number of hydrogen-bond acceptors (Lipinski definition) is 6. The van der Waals surface area contributed by atoms with Crippen LogP contribution in [0, 0.1) is 0 Å². The van der Waals surface area contributed by atoms with Gasteiger partial charge in [-0.15, -0.1) is 0 Å². The summed E-state index contributed by atoms with van der Waals surface area (Å²) < 4.78 is 21.9. The minimum atomic E-state index is 0.163. The molecule has 1 fully saturated rings. The first-order valence-corrected chi connectivity index (χ1v) is 11.6. The molecule has 3 aromatic rings. The van der Waals surface area contributed by atoms with Crippen LogP contribution in [0.4, 0.5) is 0 Å². The van der Waals surface area contributed by atoms with Crippen LogP contribution in [0.15, 0.2) is 66.7 Å². The van der Waals surface area contributed by atoms with E-state index < -0.39 is 0 Å². The summed E-state index contributed by atoms with van der Waals surface area (Å²) in [5, 5.41) is 0. The van der Waals surface area contributed by atoms with E-state index in [9.17, 15) is 0 Å². The van der Waals surface area contributed by atoms with Gasteiger partial charge in [-0.2, -0.15) is 0 Å². The maximum Gasteiger partial charge on any atom is 0.161 e. The highest BCUT2D eigenvalue weighted by Crippen LogP contribution is 2.35. The molecule has 0 aliphatic carbocycles. The van der Waals surface area contributed by atoms with Crippen LogP contribution < -0.4 is 18.9 Å². The molecule has 1 aliphatic rings. The summed E-state index contributed by atoms with van der Waals surface area (Å²) in [6, 6.07) is 23.1. The summed E-state index contributed by atoms with van der Waals surface area (Å²) in [5.74, 6) is 3.02. The van der Waals surface area contributed by atoms with Gasteiger partial charge in [0.25, 0.3) is 0 Å². The predicted octanol–water partition coefficient (Wildman–Crippen LogP) is 5.13. The molecule has 3 aromatic carbocycles. The number of benzene rings is 3. The third-order valence-electron chi connectivity index (χ3n) is 6.35. The SMILES string of the molecule is COc1ccc(CN2CCCN(Cc3ccc(OC)c(OC)c3)C2c2ccccc2)cc1OC. The van der Waals surface area contributed by atoms with Crippen LogP contribution in [0.5, 0.6) is 23.0 Å². The molecule has 0 unspecified atom stereocenters. The molecule has 0 bridgehead atoms. The molecule has 180 valence electrons. The van der Waals surface area contributed by atoms with Crippen molar-refractivity contribution in [3.05, 3.63) is 83.4 Å². The summed E-state index contributed by atoms with van der Waals surface area (Å²) in [5.41, 5.74) is 3.70. The second kappa shape index (κ2) is 11.3. The molecule has 0 amide bonds. The fourth-order valence-corrected chi connectivity index (χ4v) is 4.76. The van der Waals surface area contributed by atoms with Crippen molar-refractivity contribution in [1.29, 1.82) is 0 Å². The highest BCUT2D eigenvalue weighted by atomic mass is 16.5. The Hall–Kier alpha value is -3.22. The fraction of sp³-hybridized carbons (Fsp3) is 0.357. The monoisotopic (exact) mass is 462 g/mol. The highest BCUT2D eigenvalue weighted by molar-refractivity contribution is 5.44. The van der Waals surface area contributed by atoms with Crippen molar-refractivity contribution in [2.24, 2.45) is 0 Å². The van der Waals surface area contributed by atoms with Gasteiger partial charge in [0.15, 0.2) is 23.0 Å². The summed E-state index contributed by atoms with van der Waals surface area (Å²) >= 11 is 0. The first-order valence-electron chi connectivity index (χ1n) is 11.6. The molecule has 34 heavy (non-hydrogen) atoms. The van der Waals surface area contributed by atoms with Crippen LogP contribution in [-0.2, 0) is 13.1 Å². The maximum atomic E-state index is 5.54. The third kappa shape index (κ3) is 5.29.